The molecule has 0 unspecified atom stereocenters. The summed E-state index contributed by atoms with van der Waals surface area (Å²) in [5.41, 5.74) is 4.94. The Kier molecular flexibility index (Phi) is 3.08. The molecule has 0 radical (unpaired) electrons. The molecule has 0 aliphatic rings. The minimum Gasteiger partial charge on any atom is -0.122 e. The standard InChI is InChI=1S/C14H13Cl/c1-11-2-6-13(7-3-11)14-8-4-12(10-15)5-9-14/h2-9H,10H2,1H3. The molecule has 2 aromatic carbocycles. The van der Waals surface area contributed by atoms with Gasteiger partial charge < -0.3 is 0 Å². The number of rotatable bonds is 2. The maximum absolute atomic E-state index is 5.75. The Labute approximate surface area is 95.5 Å². The van der Waals surface area contributed by atoms with Crippen LogP contribution in [0.25, 0.3) is 11.1 Å². The first-order valence-electron chi connectivity index (χ1n) is 5.01. The molecule has 2 rings (SSSR count). The molecule has 0 aromatic heterocycles. The quantitative estimate of drug-likeness (QED) is 0.653. The lowest BCUT2D eigenvalue weighted by atomic mass is 10.0. The van der Waals surface area contributed by atoms with E-state index < -0.39 is 0 Å². The van der Waals surface area contributed by atoms with Crippen molar-refractivity contribution in [2.45, 2.75) is 12.8 Å². The van der Waals surface area contributed by atoms with Gasteiger partial charge in [0, 0.05) is 5.88 Å². The average Bonchev–Trinajstić information content (AvgIpc) is 2.30. The van der Waals surface area contributed by atoms with Crippen molar-refractivity contribution in [1.82, 2.24) is 0 Å². The van der Waals surface area contributed by atoms with Gasteiger partial charge in [-0.05, 0) is 23.6 Å². The third-order valence-electron chi connectivity index (χ3n) is 2.49. The van der Waals surface area contributed by atoms with Gasteiger partial charge in [-0.15, -0.1) is 11.6 Å². The van der Waals surface area contributed by atoms with E-state index in [-0.39, 0.29) is 0 Å². The third-order valence-corrected chi connectivity index (χ3v) is 2.80. The first-order valence-corrected chi connectivity index (χ1v) is 5.55. The predicted octanol–water partition coefficient (Wildman–Crippen LogP) is 4.40. The molecule has 15 heavy (non-hydrogen) atoms. The molecule has 0 fully saturated rings. The molecule has 0 aliphatic carbocycles. The number of hydrogen-bond acceptors (Lipinski definition) is 0. The van der Waals surface area contributed by atoms with E-state index in [1.807, 2.05) is 0 Å². The minimum atomic E-state index is 0.578. The van der Waals surface area contributed by atoms with Crippen molar-refractivity contribution >= 4 is 11.6 Å². The summed E-state index contributed by atoms with van der Waals surface area (Å²) in [7, 11) is 0. The highest BCUT2D eigenvalue weighted by Gasteiger charge is 1.96. The van der Waals surface area contributed by atoms with E-state index in [1.54, 1.807) is 0 Å². The summed E-state index contributed by atoms with van der Waals surface area (Å²) in [5, 5.41) is 0. The van der Waals surface area contributed by atoms with Crippen molar-refractivity contribution < 1.29 is 0 Å². The first kappa shape index (κ1) is 10.3. The zero-order valence-electron chi connectivity index (χ0n) is 8.70. The smallest absolute Gasteiger partial charge is 0.0474 e. The van der Waals surface area contributed by atoms with Gasteiger partial charge in [0.15, 0.2) is 0 Å². The molecule has 76 valence electrons. The van der Waals surface area contributed by atoms with Gasteiger partial charge in [-0.2, -0.15) is 0 Å². The zero-order valence-corrected chi connectivity index (χ0v) is 9.46. The fraction of sp³-hybridized carbons (Fsp3) is 0.143. The second-order valence-electron chi connectivity index (χ2n) is 3.70. The van der Waals surface area contributed by atoms with Crippen LogP contribution in [0.5, 0.6) is 0 Å². The summed E-state index contributed by atoms with van der Waals surface area (Å²) in [5.74, 6) is 0.578. The van der Waals surface area contributed by atoms with Crippen LogP contribution in [-0.4, -0.2) is 0 Å². The third kappa shape index (κ3) is 2.40. The molecule has 0 amide bonds. The lowest BCUT2D eigenvalue weighted by molar-refractivity contribution is 1.40. The summed E-state index contributed by atoms with van der Waals surface area (Å²) in [6.45, 7) is 2.10. The molecule has 0 bridgehead atoms. The van der Waals surface area contributed by atoms with Crippen molar-refractivity contribution in [3.05, 3.63) is 59.7 Å². The maximum Gasteiger partial charge on any atom is 0.0474 e. The van der Waals surface area contributed by atoms with Gasteiger partial charge in [0.1, 0.15) is 0 Å². The summed E-state index contributed by atoms with van der Waals surface area (Å²) >= 11 is 5.75. The number of alkyl halides is 1. The van der Waals surface area contributed by atoms with Crippen molar-refractivity contribution in [2.24, 2.45) is 0 Å². The molecule has 0 N–H and O–H groups in total. The van der Waals surface area contributed by atoms with Crippen molar-refractivity contribution in [2.75, 3.05) is 0 Å². The molecule has 0 spiro atoms. The van der Waals surface area contributed by atoms with Gasteiger partial charge in [0.25, 0.3) is 0 Å². The van der Waals surface area contributed by atoms with Crippen LogP contribution in [0.4, 0.5) is 0 Å². The second-order valence-corrected chi connectivity index (χ2v) is 3.96. The highest BCUT2D eigenvalue weighted by Crippen LogP contribution is 2.20. The molecule has 0 atom stereocenters. The van der Waals surface area contributed by atoms with E-state index in [1.165, 1.54) is 16.7 Å². The van der Waals surface area contributed by atoms with Crippen molar-refractivity contribution in [3.63, 3.8) is 0 Å². The van der Waals surface area contributed by atoms with Crippen LogP contribution < -0.4 is 0 Å². The zero-order chi connectivity index (χ0) is 10.7. The Bertz CT molecular complexity index is 426. The van der Waals surface area contributed by atoms with E-state index >= 15 is 0 Å². The molecule has 0 nitrogen and oxygen atoms in total. The summed E-state index contributed by atoms with van der Waals surface area (Å²) < 4.78 is 0. The maximum atomic E-state index is 5.75. The molecule has 0 aliphatic heterocycles. The molecular weight excluding hydrogens is 204 g/mol. The first-order chi connectivity index (χ1) is 7.29. The molecule has 0 saturated carbocycles. The Morgan fingerprint density at radius 3 is 1.73 bits per heavy atom. The molecule has 2 aromatic rings. The molecule has 1 heteroatoms. The monoisotopic (exact) mass is 216 g/mol. The van der Waals surface area contributed by atoms with Gasteiger partial charge in [0.05, 0.1) is 0 Å². The number of aryl methyl sites for hydroxylation is 1. The Balaban J connectivity index is 2.33. The van der Waals surface area contributed by atoms with Gasteiger partial charge in [-0.25, -0.2) is 0 Å². The number of halogens is 1. The van der Waals surface area contributed by atoms with Crippen molar-refractivity contribution in [1.29, 1.82) is 0 Å². The SMILES string of the molecule is Cc1ccc(-c2ccc(CCl)cc2)cc1. The van der Waals surface area contributed by atoms with E-state index in [0.29, 0.717) is 5.88 Å². The van der Waals surface area contributed by atoms with Gasteiger partial charge >= 0.3 is 0 Å². The van der Waals surface area contributed by atoms with Crippen LogP contribution in [0.2, 0.25) is 0 Å². The molecular formula is C14H13Cl. The van der Waals surface area contributed by atoms with E-state index in [4.69, 9.17) is 11.6 Å². The highest BCUT2D eigenvalue weighted by molar-refractivity contribution is 6.17. The Morgan fingerprint density at radius 1 is 0.800 bits per heavy atom. The second kappa shape index (κ2) is 4.50. The largest absolute Gasteiger partial charge is 0.122 e. The van der Waals surface area contributed by atoms with Gasteiger partial charge in [-0.3, -0.25) is 0 Å². The average molecular weight is 217 g/mol. The lowest BCUT2D eigenvalue weighted by Gasteiger charge is -2.03. The Hall–Kier alpha value is -1.27. The fourth-order valence-corrected chi connectivity index (χ4v) is 1.71. The number of benzene rings is 2. The summed E-state index contributed by atoms with van der Waals surface area (Å²) in [6, 6.07) is 16.9. The normalized spacial score (nSPS) is 10.3. The number of hydrogen-bond donors (Lipinski definition) is 0. The highest BCUT2D eigenvalue weighted by atomic mass is 35.5. The Morgan fingerprint density at radius 2 is 1.27 bits per heavy atom. The van der Waals surface area contributed by atoms with Crippen LogP contribution in [0.15, 0.2) is 48.5 Å². The van der Waals surface area contributed by atoms with E-state index in [0.717, 1.165) is 5.56 Å². The van der Waals surface area contributed by atoms with Crippen LogP contribution in [0.3, 0.4) is 0 Å². The van der Waals surface area contributed by atoms with Crippen LogP contribution in [0.1, 0.15) is 11.1 Å². The van der Waals surface area contributed by atoms with Crippen molar-refractivity contribution in [3.8, 4) is 11.1 Å². The van der Waals surface area contributed by atoms with Crippen LogP contribution in [-0.2, 0) is 5.88 Å². The minimum absolute atomic E-state index is 0.578. The lowest BCUT2D eigenvalue weighted by Crippen LogP contribution is -1.80. The molecule has 0 saturated heterocycles. The predicted molar refractivity (Wildman–Crippen MR) is 66.2 cm³/mol. The van der Waals surface area contributed by atoms with E-state index in [2.05, 4.69) is 55.5 Å². The van der Waals surface area contributed by atoms with Crippen LogP contribution >= 0.6 is 11.6 Å². The topological polar surface area (TPSA) is 0 Å². The fourth-order valence-electron chi connectivity index (χ4n) is 1.53. The summed E-state index contributed by atoms with van der Waals surface area (Å²) in [6.07, 6.45) is 0. The molecule has 0 heterocycles. The summed E-state index contributed by atoms with van der Waals surface area (Å²) in [4.78, 5) is 0. The van der Waals surface area contributed by atoms with Gasteiger partial charge in [-0.1, -0.05) is 54.1 Å². The van der Waals surface area contributed by atoms with E-state index in [9.17, 15) is 0 Å². The van der Waals surface area contributed by atoms with Crippen LogP contribution in [0, 0.1) is 6.92 Å². The van der Waals surface area contributed by atoms with Gasteiger partial charge in [0.2, 0.25) is 0 Å².